The lowest BCUT2D eigenvalue weighted by molar-refractivity contribution is -0.121. The van der Waals surface area contributed by atoms with Crippen LogP contribution in [0.1, 0.15) is 31.7 Å². The highest BCUT2D eigenvalue weighted by Crippen LogP contribution is 2.34. The third-order valence-electron chi connectivity index (χ3n) is 4.54. The van der Waals surface area contributed by atoms with E-state index in [-0.39, 0.29) is 18.4 Å². The van der Waals surface area contributed by atoms with Crippen molar-refractivity contribution in [3.05, 3.63) is 48.0 Å². The molecule has 0 aromatic heterocycles. The predicted molar refractivity (Wildman–Crippen MR) is 109 cm³/mol. The van der Waals surface area contributed by atoms with Gasteiger partial charge in [-0.05, 0) is 55.7 Å². The highest BCUT2D eigenvalue weighted by atomic mass is 16.5. The Morgan fingerprint density at radius 2 is 2.07 bits per heavy atom. The summed E-state index contributed by atoms with van der Waals surface area (Å²) >= 11 is 0. The fraction of sp³-hybridized carbons (Fsp3) is 0.364. The Kier molecular flexibility index (Phi) is 6.53. The normalized spacial score (nSPS) is 12.9. The molecule has 1 aliphatic heterocycles. The van der Waals surface area contributed by atoms with Gasteiger partial charge in [-0.15, -0.1) is 0 Å². The van der Waals surface area contributed by atoms with Crippen LogP contribution < -0.4 is 19.7 Å². The molecule has 0 bridgehead atoms. The maximum atomic E-state index is 12.4. The fourth-order valence-electron chi connectivity index (χ4n) is 3.04. The van der Waals surface area contributed by atoms with Crippen molar-refractivity contribution in [2.24, 2.45) is 0 Å². The van der Waals surface area contributed by atoms with Crippen LogP contribution in [0, 0.1) is 6.92 Å². The lowest BCUT2D eigenvalue weighted by Gasteiger charge is -2.30. The summed E-state index contributed by atoms with van der Waals surface area (Å²) in [6, 6.07) is 13.3. The first-order chi connectivity index (χ1) is 13.6. The van der Waals surface area contributed by atoms with Crippen LogP contribution in [0.15, 0.2) is 42.5 Å². The number of unbranched alkanes of at least 4 members (excludes halogenated alkanes) is 1. The van der Waals surface area contributed by atoms with Gasteiger partial charge in [0.15, 0.2) is 6.61 Å². The Hall–Kier alpha value is -3.02. The standard InChI is InChI=1S/C22H26N2O4/c1-3-21(25)23-17-9-10-20-19(14-17)24(22(26)15-28-20)11-4-5-12-27-18-8-6-7-16(2)13-18/h6-10,13-14H,3-5,11-12,15H2,1-2H3,(H,23,25). The zero-order valence-electron chi connectivity index (χ0n) is 16.4. The molecule has 6 heteroatoms. The van der Waals surface area contributed by atoms with E-state index in [1.165, 1.54) is 5.56 Å². The number of aryl methyl sites for hydroxylation is 1. The number of rotatable bonds is 8. The topological polar surface area (TPSA) is 67.9 Å². The van der Waals surface area contributed by atoms with Gasteiger partial charge in [0.25, 0.3) is 5.91 Å². The van der Waals surface area contributed by atoms with E-state index in [0.29, 0.717) is 36.7 Å². The number of anilines is 2. The summed E-state index contributed by atoms with van der Waals surface area (Å²) in [4.78, 5) is 25.7. The highest BCUT2D eigenvalue weighted by Gasteiger charge is 2.25. The smallest absolute Gasteiger partial charge is 0.265 e. The van der Waals surface area contributed by atoms with Crippen LogP contribution in [-0.2, 0) is 9.59 Å². The largest absolute Gasteiger partial charge is 0.494 e. The molecule has 2 aromatic rings. The van der Waals surface area contributed by atoms with Crippen LogP contribution >= 0.6 is 0 Å². The maximum Gasteiger partial charge on any atom is 0.265 e. The number of hydrogen-bond donors (Lipinski definition) is 1. The van der Waals surface area contributed by atoms with Crippen molar-refractivity contribution in [3.8, 4) is 11.5 Å². The average Bonchev–Trinajstić information content (AvgIpc) is 2.69. The Morgan fingerprint density at radius 3 is 2.86 bits per heavy atom. The second-order valence-electron chi connectivity index (χ2n) is 6.79. The van der Waals surface area contributed by atoms with Gasteiger partial charge in [0.05, 0.1) is 12.3 Å². The number of benzene rings is 2. The fourth-order valence-corrected chi connectivity index (χ4v) is 3.04. The summed E-state index contributed by atoms with van der Waals surface area (Å²) in [5.74, 6) is 1.38. The Labute approximate surface area is 165 Å². The van der Waals surface area contributed by atoms with Gasteiger partial charge >= 0.3 is 0 Å². The molecule has 2 aromatic carbocycles. The molecule has 28 heavy (non-hydrogen) atoms. The number of ether oxygens (including phenoxy) is 2. The number of hydrogen-bond acceptors (Lipinski definition) is 4. The molecule has 0 saturated carbocycles. The highest BCUT2D eigenvalue weighted by molar-refractivity contribution is 5.99. The number of amides is 2. The minimum Gasteiger partial charge on any atom is -0.494 e. The molecule has 3 rings (SSSR count). The maximum absolute atomic E-state index is 12.4. The van der Waals surface area contributed by atoms with E-state index in [9.17, 15) is 9.59 Å². The zero-order chi connectivity index (χ0) is 19.9. The Morgan fingerprint density at radius 1 is 1.21 bits per heavy atom. The van der Waals surface area contributed by atoms with E-state index in [1.54, 1.807) is 30.0 Å². The SMILES string of the molecule is CCC(=O)Nc1ccc2c(c1)N(CCCCOc1cccc(C)c1)C(=O)CO2. The van der Waals surface area contributed by atoms with Crippen LogP contribution in [0.3, 0.4) is 0 Å². The number of nitrogens with zero attached hydrogens (tertiary/aromatic N) is 1. The van der Waals surface area contributed by atoms with E-state index < -0.39 is 0 Å². The van der Waals surface area contributed by atoms with Gasteiger partial charge in [-0.25, -0.2) is 0 Å². The third kappa shape index (κ3) is 5.03. The molecule has 0 unspecified atom stereocenters. The van der Waals surface area contributed by atoms with Crippen molar-refractivity contribution in [1.29, 1.82) is 0 Å². The van der Waals surface area contributed by atoms with Crippen molar-refractivity contribution >= 4 is 23.2 Å². The first-order valence-electron chi connectivity index (χ1n) is 9.63. The molecule has 1 aliphatic rings. The van der Waals surface area contributed by atoms with E-state index in [1.807, 2.05) is 31.2 Å². The lowest BCUT2D eigenvalue weighted by atomic mass is 10.2. The van der Waals surface area contributed by atoms with Gasteiger partial charge in [-0.3, -0.25) is 9.59 Å². The molecule has 1 N–H and O–H groups in total. The molecule has 0 saturated heterocycles. The summed E-state index contributed by atoms with van der Waals surface area (Å²) in [5.41, 5.74) is 2.53. The number of nitrogens with one attached hydrogen (secondary N) is 1. The Bertz CT molecular complexity index is 850. The number of carbonyl (C=O) groups excluding carboxylic acids is 2. The van der Waals surface area contributed by atoms with Crippen LogP contribution in [0.2, 0.25) is 0 Å². The van der Waals surface area contributed by atoms with Gasteiger partial charge in [-0.1, -0.05) is 19.1 Å². The van der Waals surface area contributed by atoms with Gasteiger partial charge < -0.3 is 19.7 Å². The van der Waals surface area contributed by atoms with Crippen LogP contribution in [-0.4, -0.2) is 31.6 Å². The van der Waals surface area contributed by atoms with E-state index in [2.05, 4.69) is 5.32 Å². The second-order valence-corrected chi connectivity index (χ2v) is 6.79. The predicted octanol–water partition coefficient (Wildman–Crippen LogP) is 3.93. The summed E-state index contributed by atoms with van der Waals surface area (Å²) < 4.78 is 11.3. The van der Waals surface area contributed by atoms with Gasteiger partial charge in [-0.2, -0.15) is 0 Å². The van der Waals surface area contributed by atoms with Crippen molar-refractivity contribution in [3.63, 3.8) is 0 Å². The molecule has 148 valence electrons. The number of carbonyl (C=O) groups is 2. The van der Waals surface area contributed by atoms with E-state index in [0.717, 1.165) is 18.6 Å². The minimum absolute atomic E-state index is 0.0352. The van der Waals surface area contributed by atoms with E-state index in [4.69, 9.17) is 9.47 Å². The molecule has 0 aliphatic carbocycles. The summed E-state index contributed by atoms with van der Waals surface area (Å²) in [5, 5.41) is 2.82. The molecule has 2 amide bonds. The molecule has 1 heterocycles. The quantitative estimate of drug-likeness (QED) is 0.703. The van der Waals surface area contributed by atoms with Gasteiger partial charge in [0.2, 0.25) is 5.91 Å². The lowest BCUT2D eigenvalue weighted by Crippen LogP contribution is -2.39. The second kappa shape index (κ2) is 9.26. The van der Waals surface area contributed by atoms with Crippen molar-refractivity contribution in [1.82, 2.24) is 0 Å². The van der Waals surface area contributed by atoms with Crippen LogP contribution in [0.4, 0.5) is 11.4 Å². The number of fused-ring (bicyclic) bond motifs is 1. The van der Waals surface area contributed by atoms with Gasteiger partial charge in [0.1, 0.15) is 11.5 Å². The first-order valence-corrected chi connectivity index (χ1v) is 9.63. The van der Waals surface area contributed by atoms with E-state index >= 15 is 0 Å². The summed E-state index contributed by atoms with van der Waals surface area (Å²) in [6.07, 6.45) is 2.04. The molecular formula is C22H26N2O4. The zero-order valence-corrected chi connectivity index (χ0v) is 16.4. The van der Waals surface area contributed by atoms with Crippen LogP contribution in [0.5, 0.6) is 11.5 Å². The summed E-state index contributed by atoms with van der Waals surface area (Å²) in [6.45, 7) is 5.05. The monoisotopic (exact) mass is 382 g/mol. The third-order valence-corrected chi connectivity index (χ3v) is 4.54. The molecule has 0 spiro atoms. The Balaban J connectivity index is 1.57. The molecular weight excluding hydrogens is 356 g/mol. The molecule has 0 radical (unpaired) electrons. The molecule has 6 nitrogen and oxygen atoms in total. The van der Waals surface area contributed by atoms with Gasteiger partial charge in [0, 0.05) is 18.7 Å². The van der Waals surface area contributed by atoms with Crippen LogP contribution in [0.25, 0.3) is 0 Å². The van der Waals surface area contributed by atoms with Crippen molar-refractivity contribution < 1.29 is 19.1 Å². The van der Waals surface area contributed by atoms with Crippen molar-refractivity contribution in [2.45, 2.75) is 33.1 Å². The van der Waals surface area contributed by atoms with Crippen molar-refractivity contribution in [2.75, 3.05) is 30.0 Å². The summed E-state index contributed by atoms with van der Waals surface area (Å²) in [7, 11) is 0. The molecule has 0 atom stereocenters. The molecule has 0 fully saturated rings. The average molecular weight is 382 g/mol. The minimum atomic E-state index is -0.0777. The first kappa shape index (κ1) is 19.7.